The number of hydrogen-bond acceptors (Lipinski definition) is 3. The second kappa shape index (κ2) is 3.29. The van der Waals surface area contributed by atoms with Crippen molar-refractivity contribution in [3.63, 3.8) is 0 Å². The van der Waals surface area contributed by atoms with Gasteiger partial charge >= 0.3 is 0 Å². The summed E-state index contributed by atoms with van der Waals surface area (Å²) in [5, 5.41) is 8.82. The molecule has 7 heavy (non-hydrogen) atoms. The standard InChI is InChI=1S/C4H11NOS/c1-5(2)4(6)7-3/h4,6H,1-3H3. The number of thioether (sulfide) groups is 1. The Morgan fingerprint density at radius 1 is 1.57 bits per heavy atom. The summed E-state index contributed by atoms with van der Waals surface area (Å²) in [5.74, 6) is 0. The first kappa shape index (κ1) is 7.27. The van der Waals surface area contributed by atoms with Crippen molar-refractivity contribution in [1.29, 1.82) is 0 Å². The summed E-state index contributed by atoms with van der Waals surface area (Å²) < 4.78 is 0. The van der Waals surface area contributed by atoms with E-state index in [1.165, 1.54) is 11.8 Å². The first-order valence-corrected chi connectivity index (χ1v) is 3.34. The second-order valence-electron chi connectivity index (χ2n) is 1.53. The molecule has 0 aromatic carbocycles. The zero-order chi connectivity index (χ0) is 5.86. The van der Waals surface area contributed by atoms with Crippen LogP contribution in [-0.4, -0.2) is 35.9 Å². The molecule has 1 unspecified atom stereocenters. The normalized spacial score (nSPS) is 15.0. The fraction of sp³-hybridized carbons (Fsp3) is 1.00. The lowest BCUT2D eigenvalue weighted by Crippen LogP contribution is -2.23. The van der Waals surface area contributed by atoms with Crippen molar-refractivity contribution in [2.75, 3.05) is 20.4 Å². The fourth-order valence-corrected chi connectivity index (χ4v) is 0.632. The van der Waals surface area contributed by atoms with Gasteiger partial charge in [0.2, 0.25) is 0 Å². The van der Waals surface area contributed by atoms with Gasteiger partial charge in [-0.3, -0.25) is 4.90 Å². The van der Waals surface area contributed by atoms with Crippen molar-refractivity contribution in [2.24, 2.45) is 0 Å². The lowest BCUT2D eigenvalue weighted by molar-refractivity contribution is 0.122. The molecule has 0 radical (unpaired) electrons. The lowest BCUT2D eigenvalue weighted by Gasteiger charge is -2.14. The van der Waals surface area contributed by atoms with Crippen LogP contribution in [0.3, 0.4) is 0 Å². The highest BCUT2D eigenvalue weighted by Gasteiger charge is 1.99. The van der Waals surface area contributed by atoms with Crippen LogP contribution in [-0.2, 0) is 0 Å². The first-order chi connectivity index (χ1) is 3.18. The Morgan fingerprint density at radius 3 is 2.00 bits per heavy atom. The van der Waals surface area contributed by atoms with Crippen LogP contribution in [0.4, 0.5) is 0 Å². The van der Waals surface area contributed by atoms with Gasteiger partial charge in [-0.2, -0.15) is 0 Å². The number of hydrogen-bond donors (Lipinski definition) is 1. The second-order valence-corrected chi connectivity index (χ2v) is 2.42. The lowest BCUT2D eigenvalue weighted by atomic mass is 10.9. The van der Waals surface area contributed by atoms with Gasteiger partial charge in [0.25, 0.3) is 0 Å². The van der Waals surface area contributed by atoms with E-state index in [0.717, 1.165) is 0 Å². The van der Waals surface area contributed by atoms with Crippen LogP contribution in [0.25, 0.3) is 0 Å². The van der Waals surface area contributed by atoms with Crippen LogP contribution in [0, 0.1) is 0 Å². The smallest absolute Gasteiger partial charge is 0.154 e. The van der Waals surface area contributed by atoms with Crippen LogP contribution < -0.4 is 0 Å². The van der Waals surface area contributed by atoms with Gasteiger partial charge in [0.15, 0.2) is 5.56 Å². The minimum absolute atomic E-state index is 0.347. The Balaban J connectivity index is 3.14. The van der Waals surface area contributed by atoms with E-state index in [1.54, 1.807) is 4.90 Å². The zero-order valence-corrected chi connectivity index (χ0v) is 5.70. The zero-order valence-electron chi connectivity index (χ0n) is 4.88. The van der Waals surface area contributed by atoms with Crippen molar-refractivity contribution >= 4 is 11.8 Å². The highest BCUT2D eigenvalue weighted by atomic mass is 32.2. The van der Waals surface area contributed by atoms with Crippen molar-refractivity contribution in [3.05, 3.63) is 0 Å². The molecule has 0 spiro atoms. The van der Waals surface area contributed by atoms with Crippen LogP contribution in [0.5, 0.6) is 0 Å². The maximum Gasteiger partial charge on any atom is 0.154 e. The molecule has 1 atom stereocenters. The van der Waals surface area contributed by atoms with Gasteiger partial charge in [-0.05, 0) is 20.4 Å². The third-order valence-corrected chi connectivity index (χ3v) is 1.50. The van der Waals surface area contributed by atoms with Crippen molar-refractivity contribution in [2.45, 2.75) is 5.56 Å². The molecule has 0 rings (SSSR count). The number of rotatable bonds is 2. The van der Waals surface area contributed by atoms with Gasteiger partial charge in [0.1, 0.15) is 0 Å². The van der Waals surface area contributed by atoms with E-state index in [2.05, 4.69) is 0 Å². The van der Waals surface area contributed by atoms with Crippen LogP contribution in [0.1, 0.15) is 0 Å². The van der Waals surface area contributed by atoms with Gasteiger partial charge < -0.3 is 5.11 Å². The summed E-state index contributed by atoms with van der Waals surface area (Å²) >= 11 is 1.41. The molecule has 0 saturated heterocycles. The Kier molecular flexibility index (Phi) is 3.42. The van der Waals surface area contributed by atoms with Gasteiger partial charge in [0, 0.05) is 0 Å². The summed E-state index contributed by atoms with van der Waals surface area (Å²) in [6, 6.07) is 0. The van der Waals surface area contributed by atoms with Gasteiger partial charge in [0.05, 0.1) is 0 Å². The molecule has 0 aliphatic carbocycles. The minimum Gasteiger partial charge on any atom is -0.369 e. The quantitative estimate of drug-likeness (QED) is 0.527. The van der Waals surface area contributed by atoms with Crippen LogP contribution in [0.2, 0.25) is 0 Å². The summed E-state index contributed by atoms with van der Waals surface area (Å²) in [5.41, 5.74) is -0.347. The first-order valence-electron chi connectivity index (χ1n) is 2.05. The van der Waals surface area contributed by atoms with Gasteiger partial charge in [-0.25, -0.2) is 0 Å². The van der Waals surface area contributed by atoms with E-state index in [4.69, 9.17) is 5.11 Å². The van der Waals surface area contributed by atoms with E-state index < -0.39 is 0 Å². The van der Waals surface area contributed by atoms with Crippen molar-refractivity contribution < 1.29 is 5.11 Å². The summed E-state index contributed by atoms with van der Waals surface area (Å²) in [4.78, 5) is 1.74. The third kappa shape index (κ3) is 2.91. The van der Waals surface area contributed by atoms with E-state index in [9.17, 15) is 0 Å². The average molecular weight is 121 g/mol. The number of aliphatic hydroxyl groups excluding tert-OH is 1. The monoisotopic (exact) mass is 121 g/mol. The predicted octanol–water partition coefficient (Wildman–Crippen LogP) is 0.187. The molecule has 0 aromatic rings. The Bertz CT molecular complexity index is 49.0. The summed E-state index contributed by atoms with van der Waals surface area (Å²) in [7, 11) is 3.67. The van der Waals surface area contributed by atoms with Crippen LogP contribution in [0.15, 0.2) is 0 Å². The third-order valence-electron chi connectivity index (χ3n) is 0.653. The number of nitrogens with zero attached hydrogens (tertiary/aromatic N) is 1. The maximum absolute atomic E-state index is 8.82. The van der Waals surface area contributed by atoms with E-state index in [1.807, 2.05) is 20.4 Å². The molecular formula is C4H11NOS. The predicted molar refractivity (Wildman–Crippen MR) is 33.2 cm³/mol. The van der Waals surface area contributed by atoms with Gasteiger partial charge in [-0.15, -0.1) is 11.8 Å². The summed E-state index contributed by atoms with van der Waals surface area (Å²) in [6.07, 6.45) is 1.87. The topological polar surface area (TPSA) is 23.5 Å². The Hall–Kier alpha value is 0.270. The maximum atomic E-state index is 8.82. The molecule has 44 valence electrons. The largest absolute Gasteiger partial charge is 0.369 e. The minimum atomic E-state index is -0.347. The van der Waals surface area contributed by atoms with E-state index in [-0.39, 0.29) is 5.56 Å². The van der Waals surface area contributed by atoms with Crippen molar-refractivity contribution in [1.82, 2.24) is 4.90 Å². The average Bonchev–Trinajstić information content (AvgIpc) is 1.65. The molecule has 1 N–H and O–H groups in total. The van der Waals surface area contributed by atoms with Crippen molar-refractivity contribution in [3.8, 4) is 0 Å². The molecular weight excluding hydrogens is 110 g/mol. The fourth-order valence-electron chi connectivity index (χ4n) is 0.211. The SMILES string of the molecule is CSC(O)N(C)C. The molecule has 3 heteroatoms. The van der Waals surface area contributed by atoms with E-state index >= 15 is 0 Å². The van der Waals surface area contributed by atoms with E-state index in [0.29, 0.717) is 0 Å². The molecule has 2 nitrogen and oxygen atoms in total. The molecule has 0 aliphatic heterocycles. The molecule has 0 aliphatic rings. The molecule has 0 amide bonds. The number of aliphatic hydroxyl groups is 1. The molecule has 0 aromatic heterocycles. The summed E-state index contributed by atoms with van der Waals surface area (Å²) in [6.45, 7) is 0. The molecule has 0 fully saturated rings. The molecule has 0 saturated carbocycles. The highest BCUT2D eigenvalue weighted by molar-refractivity contribution is 7.98. The molecule has 0 heterocycles. The Morgan fingerprint density at radius 2 is 2.00 bits per heavy atom. The van der Waals surface area contributed by atoms with Gasteiger partial charge in [-0.1, -0.05) is 0 Å². The molecule has 0 bridgehead atoms. The Labute approximate surface area is 48.5 Å². The van der Waals surface area contributed by atoms with Crippen LogP contribution >= 0.6 is 11.8 Å². The highest BCUT2D eigenvalue weighted by Crippen LogP contribution is 2.02.